The number of aryl methyl sites for hydroxylation is 2. The molecule has 0 atom stereocenters. The molecule has 4 rings (SSSR count). The first-order chi connectivity index (χ1) is 10.3. The Kier molecular flexibility index (Phi) is 2.77. The number of hydrogen-bond donors (Lipinski definition) is 1. The summed E-state index contributed by atoms with van der Waals surface area (Å²) < 4.78 is 2.18. The quantitative estimate of drug-likeness (QED) is 0.783. The van der Waals surface area contributed by atoms with E-state index in [9.17, 15) is 0 Å². The predicted molar refractivity (Wildman–Crippen MR) is 77.7 cm³/mol. The zero-order chi connectivity index (χ0) is 14.2. The van der Waals surface area contributed by atoms with Gasteiger partial charge < -0.3 is 9.88 Å². The van der Waals surface area contributed by atoms with Crippen LogP contribution in [0.3, 0.4) is 0 Å². The highest BCUT2D eigenvalue weighted by molar-refractivity contribution is 5.86. The molecule has 0 spiro atoms. The maximum absolute atomic E-state index is 4.47. The van der Waals surface area contributed by atoms with Gasteiger partial charge in [0.2, 0.25) is 0 Å². The maximum atomic E-state index is 4.47. The second-order valence-corrected chi connectivity index (χ2v) is 5.14. The van der Waals surface area contributed by atoms with Crippen molar-refractivity contribution in [2.75, 3.05) is 5.32 Å². The average Bonchev–Trinajstić information content (AvgIpc) is 3.08. The topological polar surface area (TPSA) is 81.4 Å². The molecule has 0 radical (unpaired) electrons. The molecule has 4 heterocycles. The number of aromatic nitrogens is 6. The number of rotatable bonds is 3. The fourth-order valence-electron chi connectivity index (χ4n) is 2.71. The summed E-state index contributed by atoms with van der Waals surface area (Å²) in [6.45, 7) is 3.48. The smallest absolute Gasteiger partial charge is 0.164 e. The van der Waals surface area contributed by atoms with Crippen LogP contribution in [-0.4, -0.2) is 29.7 Å². The van der Waals surface area contributed by atoms with Gasteiger partial charge in [-0.3, -0.25) is 0 Å². The Morgan fingerprint density at radius 2 is 2.24 bits per heavy atom. The van der Waals surface area contributed by atoms with E-state index in [1.807, 2.05) is 19.1 Å². The van der Waals surface area contributed by atoms with Crippen LogP contribution in [0.5, 0.6) is 0 Å². The molecular weight excluding hydrogens is 266 g/mol. The summed E-state index contributed by atoms with van der Waals surface area (Å²) in [7, 11) is 0. The Balaban J connectivity index is 1.65. The minimum Gasteiger partial charge on any atom is -0.362 e. The fourth-order valence-corrected chi connectivity index (χ4v) is 2.71. The van der Waals surface area contributed by atoms with E-state index in [4.69, 9.17) is 0 Å². The van der Waals surface area contributed by atoms with Gasteiger partial charge in [-0.2, -0.15) is 0 Å². The molecule has 1 N–H and O–H groups in total. The molecule has 7 nitrogen and oxygen atoms in total. The lowest BCUT2D eigenvalue weighted by Gasteiger charge is -2.09. The Labute approximate surface area is 121 Å². The first-order valence-electron chi connectivity index (χ1n) is 7.05. The van der Waals surface area contributed by atoms with Crippen molar-refractivity contribution in [1.29, 1.82) is 0 Å². The van der Waals surface area contributed by atoms with E-state index in [0.29, 0.717) is 18.0 Å². The second kappa shape index (κ2) is 4.76. The molecular formula is C14H15N7. The predicted octanol–water partition coefficient (Wildman–Crippen LogP) is 1.48. The molecule has 0 bridgehead atoms. The van der Waals surface area contributed by atoms with Gasteiger partial charge in [-0.15, -0.1) is 10.2 Å². The monoisotopic (exact) mass is 281 g/mol. The van der Waals surface area contributed by atoms with Crippen LogP contribution in [0.15, 0.2) is 18.3 Å². The lowest BCUT2D eigenvalue weighted by atomic mass is 10.3. The number of anilines is 1. The van der Waals surface area contributed by atoms with E-state index in [1.165, 1.54) is 0 Å². The SMILES string of the molecule is Cc1nc(NCc2nnc3n2CCC3)c2cccnc2n1. The molecule has 3 aromatic rings. The number of nitrogens with one attached hydrogen (secondary N) is 1. The number of pyridine rings is 1. The number of hydrogen-bond acceptors (Lipinski definition) is 6. The van der Waals surface area contributed by atoms with Crippen molar-refractivity contribution in [3.63, 3.8) is 0 Å². The van der Waals surface area contributed by atoms with E-state index in [2.05, 4.69) is 35.0 Å². The van der Waals surface area contributed by atoms with Crippen LogP contribution in [0.25, 0.3) is 11.0 Å². The first-order valence-corrected chi connectivity index (χ1v) is 7.05. The van der Waals surface area contributed by atoms with E-state index >= 15 is 0 Å². The van der Waals surface area contributed by atoms with Gasteiger partial charge in [0, 0.05) is 19.2 Å². The van der Waals surface area contributed by atoms with Crippen molar-refractivity contribution < 1.29 is 0 Å². The zero-order valence-electron chi connectivity index (χ0n) is 11.7. The van der Waals surface area contributed by atoms with E-state index < -0.39 is 0 Å². The molecule has 0 saturated heterocycles. The lowest BCUT2D eigenvalue weighted by Crippen LogP contribution is -2.09. The summed E-state index contributed by atoms with van der Waals surface area (Å²) in [4.78, 5) is 13.1. The maximum Gasteiger partial charge on any atom is 0.164 e. The van der Waals surface area contributed by atoms with Crippen molar-refractivity contribution in [1.82, 2.24) is 29.7 Å². The third-order valence-corrected chi connectivity index (χ3v) is 3.68. The van der Waals surface area contributed by atoms with Gasteiger partial charge in [0.15, 0.2) is 11.5 Å². The third-order valence-electron chi connectivity index (χ3n) is 3.68. The highest BCUT2D eigenvalue weighted by Crippen LogP contribution is 2.20. The molecule has 1 aliphatic heterocycles. The fraction of sp³-hybridized carbons (Fsp3) is 0.357. The largest absolute Gasteiger partial charge is 0.362 e. The summed E-state index contributed by atoms with van der Waals surface area (Å²) in [5, 5.41) is 12.7. The normalized spacial score (nSPS) is 13.6. The van der Waals surface area contributed by atoms with E-state index in [-0.39, 0.29) is 0 Å². The minimum atomic E-state index is 0.605. The first kappa shape index (κ1) is 12.2. The number of fused-ring (bicyclic) bond motifs is 2. The minimum absolute atomic E-state index is 0.605. The van der Waals surface area contributed by atoms with Crippen molar-refractivity contribution in [3.05, 3.63) is 35.8 Å². The van der Waals surface area contributed by atoms with E-state index in [0.717, 1.165) is 42.2 Å². The lowest BCUT2D eigenvalue weighted by molar-refractivity contribution is 0.695. The summed E-state index contributed by atoms with van der Waals surface area (Å²) >= 11 is 0. The van der Waals surface area contributed by atoms with Gasteiger partial charge in [0.05, 0.1) is 11.9 Å². The van der Waals surface area contributed by atoms with Crippen molar-refractivity contribution in [3.8, 4) is 0 Å². The van der Waals surface area contributed by atoms with Crippen LogP contribution in [0, 0.1) is 6.92 Å². The van der Waals surface area contributed by atoms with Gasteiger partial charge in [-0.05, 0) is 25.5 Å². The molecule has 1 aliphatic rings. The molecule has 7 heteroatoms. The van der Waals surface area contributed by atoms with Gasteiger partial charge >= 0.3 is 0 Å². The standard InChI is InChI=1S/C14H15N7/c1-9-17-13-10(4-2-6-15-13)14(18-9)16-8-12-20-19-11-5-3-7-21(11)12/h2,4,6H,3,5,7-8H2,1H3,(H,15,16,17,18). The summed E-state index contributed by atoms with van der Waals surface area (Å²) in [6.07, 6.45) is 3.91. The summed E-state index contributed by atoms with van der Waals surface area (Å²) in [6, 6.07) is 3.86. The molecule has 0 unspecified atom stereocenters. The van der Waals surface area contributed by atoms with Crippen LogP contribution < -0.4 is 5.32 Å². The van der Waals surface area contributed by atoms with Crippen molar-refractivity contribution in [2.24, 2.45) is 0 Å². The summed E-state index contributed by atoms with van der Waals surface area (Å²) in [5.41, 5.74) is 0.707. The van der Waals surface area contributed by atoms with Crippen LogP contribution >= 0.6 is 0 Å². The second-order valence-electron chi connectivity index (χ2n) is 5.14. The van der Waals surface area contributed by atoms with Crippen molar-refractivity contribution >= 4 is 16.9 Å². The molecule has 0 amide bonds. The molecule has 3 aromatic heterocycles. The summed E-state index contributed by atoms with van der Waals surface area (Å²) in [5.74, 6) is 3.53. The third kappa shape index (κ3) is 2.10. The molecule has 106 valence electrons. The Hall–Kier alpha value is -2.57. The highest BCUT2D eigenvalue weighted by atomic mass is 15.3. The number of nitrogens with zero attached hydrogens (tertiary/aromatic N) is 6. The van der Waals surface area contributed by atoms with Crippen LogP contribution in [-0.2, 0) is 19.5 Å². The van der Waals surface area contributed by atoms with Gasteiger partial charge in [-0.25, -0.2) is 15.0 Å². The van der Waals surface area contributed by atoms with Crippen LogP contribution in [0.4, 0.5) is 5.82 Å². The zero-order valence-corrected chi connectivity index (χ0v) is 11.7. The Morgan fingerprint density at radius 3 is 3.19 bits per heavy atom. The molecule has 0 aromatic carbocycles. The average molecular weight is 281 g/mol. The molecule has 21 heavy (non-hydrogen) atoms. The van der Waals surface area contributed by atoms with Crippen molar-refractivity contribution in [2.45, 2.75) is 32.9 Å². The van der Waals surface area contributed by atoms with Gasteiger partial charge in [0.1, 0.15) is 17.5 Å². The Morgan fingerprint density at radius 1 is 1.29 bits per heavy atom. The molecule has 0 fully saturated rings. The van der Waals surface area contributed by atoms with E-state index in [1.54, 1.807) is 6.20 Å². The molecule has 0 saturated carbocycles. The van der Waals surface area contributed by atoms with Crippen LogP contribution in [0.2, 0.25) is 0 Å². The van der Waals surface area contributed by atoms with Gasteiger partial charge in [-0.1, -0.05) is 0 Å². The molecule has 0 aliphatic carbocycles. The highest BCUT2D eigenvalue weighted by Gasteiger charge is 2.17. The van der Waals surface area contributed by atoms with Gasteiger partial charge in [0.25, 0.3) is 0 Å². The Bertz CT molecular complexity index is 808. The van der Waals surface area contributed by atoms with Crippen LogP contribution in [0.1, 0.15) is 23.9 Å².